The van der Waals surface area contributed by atoms with Crippen molar-refractivity contribution in [2.24, 2.45) is 40.9 Å². The van der Waals surface area contributed by atoms with Crippen LogP contribution in [0.3, 0.4) is 0 Å². The van der Waals surface area contributed by atoms with Gasteiger partial charge in [0.05, 0.1) is 37.6 Å². The zero-order valence-electron chi connectivity index (χ0n) is 46.0. The van der Waals surface area contributed by atoms with E-state index in [1.54, 1.807) is 34.0 Å². The summed E-state index contributed by atoms with van der Waals surface area (Å²) in [5, 5.41) is 43.1. The number of allylic oxidation sites excluding steroid dienone is 6. The number of nitrogens with zero attached hydrogens (tertiary/aromatic N) is 1. The van der Waals surface area contributed by atoms with Gasteiger partial charge in [-0.2, -0.15) is 0 Å². The third kappa shape index (κ3) is 16.3. The molecule has 17 heteroatoms. The molecule has 15 atom stereocenters. The number of carbonyl (C=O) groups is 6. The maximum absolute atomic E-state index is 14.6. The van der Waals surface area contributed by atoms with E-state index in [9.17, 15) is 49.2 Å². The van der Waals surface area contributed by atoms with Crippen LogP contribution in [-0.2, 0) is 57.2 Å². The van der Waals surface area contributed by atoms with E-state index in [1.165, 1.54) is 21.1 Å². The SMILES string of the molecule is CO[C@H]1C[C@@H]2CC[C@@H](C)[C@@](O)(O2)C(=O)C(=O)N2CCCC[C@H]2C(=O)O[C@H]([C@H](C)C[C@@H]2CC[C@@H](OC(=O)C(C)(CO)CO)[C@H](OC)C2)CC(=O)C(C)=CC(C)[C@@H](O)[C@@H](OC)C(=O)[C@H](C)CC[C@H](C)C=CC=CC=C1C. The lowest BCUT2D eigenvalue weighted by atomic mass is 9.78. The first-order valence-electron chi connectivity index (χ1n) is 26.9. The number of cyclic esters (lactones) is 1. The topological polar surface area (TPSA) is 242 Å². The maximum Gasteiger partial charge on any atom is 0.329 e. The van der Waals surface area contributed by atoms with Gasteiger partial charge in [0.15, 0.2) is 11.6 Å². The van der Waals surface area contributed by atoms with Crippen LogP contribution in [0, 0.1) is 40.9 Å². The number of aliphatic hydroxyl groups excluding tert-OH is 3. The molecule has 3 aliphatic heterocycles. The molecule has 17 nitrogen and oxygen atoms in total. The van der Waals surface area contributed by atoms with Crippen molar-refractivity contribution in [2.75, 3.05) is 41.1 Å². The van der Waals surface area contributed by atoms with E-state index in [2.05, 4.69) is 6.92 Å². The smallest absolute Gasteiger partial charge is 0.329 e. The van der Waals surface area contributed by atoms with E-state index in [0.29, 0.717) is 70.6 Å². The van der Waals surface area contributed by atoms with Gasteiger partial charge in [0.2, 0.25) is 5.79 Å². The van der Waals surface area contributed by atoms with Crippen LogP contribution in [0.15, 0.2) is 47.6 Å². The van der Waals surface area contributed by atoms with Crippen LogP contribution in [0.25, 0.3) is 0 Å². The number of amides is 1. The molecule has 0 radical (unpaired) electrons. The zero-order chi connectivity index (χ0) is 55.1. The van der Waals surface area contributed by atoms with Gasteiger partial charge in [0.25, 0.3) is 11.7 Å². The molecule has 4 rings (SSSR count). The van der Waals surface area contributed by atoms with Crippen molar-refractivity contribution in [1.82, 2.24) is 4.90 Å². The first-order valence-corrected chi connectivity index (χ1v) is 26.9. The summed E-state index contributed by atoms with van der Waals surface area (Å²) in [4.78, 5) is 85.4. The summed E-state index contributed by atoms with van der Waals surface area (Å²) in [6.07, 6.45) is 10.8. The van der Waals surface area contributed by atoms with Gasteiger partial charge in [-0.3, -0.25) is 24.0 Å². The molecule has 1 amide bonds. The van der Waals surface area contributed by atoms with Crippen molar-refractivity contribution in [1.29, 1.82) is 0 Å². The molecule has 2 bridgehead atoms. The number of ether oxygens (including phenoxy) is 6. The lowest BCUT2D eigenvalue weighted by Crippen LogP contribution is -2.61. The normalized spacial score (nSPS) is 35.0. The molecule has 2 saturated heterocycles. The molecule has 0 spiro atoms. The van der Waals surface area contributed by atoms with Crippen LogP contribution in [0.1, 0.15) is 139 Å². The Morgan fingerprint density at radius 1 is 0.865 bits per heavy atom. The average molecular weight is 1040 g/mol. The van der Waals surface area contributed by atoms with Crippen molar-refractivity contribution >= 4 is 35.2 Å². The quantitative estimate of drug-likeness (QED) is 0.142. The predicted octanol–water partition coefficient (Wildman–Crippen LogP) is 6.11. The summed E-state index contributed by atoms with van der Waals surface area (Å²) in [6, 6.07) is -1.20. The summed E-state index contributed by atoms with van der Waals surface area (Å²) in [7, 11) is 4.45. The van der Waals surface area contributed by atoms with Gasteiger partial charge >= 0.3 is 11.9 Å². The van der Waals surface area contributed by atoms with Crippen molar-refractivity contribution < 1.29 is 77.6 Å². The van der Waals surface area contributed by atoms with Crippen molar-refractivity contribution in [3.05, 3.63) is 47.6 Å². The highest BCUT2D eigenvalue weighted by molar-refractivity contribution is 6.39. The lowest BCUT2D eigenvalue weighted by molar-refractivity contribution is -0.265. The first kappa shape index (κ1) is 62.6. The summed E-state index contributed by atoms with van der Waals surface area (Å²) < 4.78 is 35.5. The molecule has 418 valence electrons. The fourth-order valence-electron chi connectivity index (χ4n) is 10.7. The van der Waals surface area contributed by atoms with E-state index < -0.39 is 120 Å². The lowest BCUT2D eigenvalue weighted by Gasteiger charge is -2.42. The van der Waals surface area contributed by atoms with Crippen LogP contribution in [0.4, 0.5) is 0 Å². The number of fused-ring (bicyclic) bond motifs is 3. The van der Waals surface area contributed by atoms with Crippen LogP contribution in [-0.4, -0.2) is 156 Å². The Kier molecular flexibility index (Phi) is 24.5. The minimum Gasteiger partial charge on any atom is -0.460 e. The minimum atomic E-state index is -2.47. The van der Waals surface area contributed by atoms with E-state index in [0.717, 1.165) is 10.5 Å². The van der Waals surface area contributed by atoms with Crippen LogP contribution >= 0.6 is 0 Å². The van der Waals surface area contributed by atoms with Crippen LogP contribution in [0.2, 0.25) is 0 Å². The van der Waals surface area contributed by atoms with Crippen LogP contribution < -0.4 is 0 Å². The number of aliphatic hydroxyl groups is 4. The second-order valence-corrected chi connectivity index (χ2v) is 22.2. The van der Waals surface area contributed by atoms with Crippen molar-refractivity contribution in [3.8, 4) is 0 Å². The molecule has 0 aromatic carbocycles. The molecule has 1 saturated carbocycles. The third-order valence-electron chi connectivity index (χ3n) is 16.2. The number of methoxy groups -OCH3 is 3. The standard InChI is InChI=1S/C57H89NO16/c1-34-17-13-12-14-18-35(2)46(69-9)30-42-24-22-40(7)57(68,74-42)52(64)53(65)58-26-16-15-19-43(58)54(66)72-47(31-44(61)37(4)27-39(6)50(63)51(71-11)49(62)36(3)21-20-34)38(5)28-41-23-25-45(48(29-41)70-10)73-55(67)56(8,32-59)33-60/h12-14,17-18,27,34,36,38-43,45-48,50-51,59-60,63,68H,15-16,19-26,28-33H2,1-11H3/t34-,36-,38-,39?,40-,41+,42+,43+,45-,46+,47+,48-,50-,51+,57-/m1/s1. The van der Waals surface area contributed by atoms with Gasteiger partial charge in [-0.15, -0.1) is 0 Å². The minimum absolute atomic E-state index is 0.0409. The highest BCUT2D eigenvalue weighted by Gasteiger charge is 2.53. The Morgan fingerprint density at radius 2 is 1.57 bits per heavy atom. The largest absolute Gasteiger partial charge is 0.460 e. The van der Waals surface area contributed by atoms with Crippen molar-refractivity contribution in [3.63, 3.8) is 0 Å². The molecule has 4 aliphatic rings. The van der Waals surface area contributed by atoms with Gasteiger partial charge < -0.3 is 53.7 Å². The zero-order valence-corrected chi connectivity index (χ0v) is 46.0. The Labute approximate surface area is 439 Å². The number of hydrogen-bond acceptors (Lipinski definition) is 16. The van der Waals surface area contributed by atoms with Gasteiger partial charge in [-0.05, 0) is 120 Å². The second kappa shape index (κ2) is 29.0. The Hall–Kier alpha value is -3.94. The van der Waals surface area contributed by atoms with E-state index in [4.69, 9.17) is 28.4 Å². The number of hydrogen-bond donors (Lipinski definition) is 4. The Morgan fingerprint density at radius 3 is 2.22 bits per heavy atom. The fraction of sp³-hybridized carbons (Fsp3) is 0.754. The Bertz CT molecular complexity index is 2030. The third-order valence-corrected chi connectivity index (χ3v) is 16.2. The molecule has 0 aromatic rings. The molecular weight excluding hydrogens is 955 g/mol. The molecule has 1 aliphatic carbocycles. The number of carbonyl (C=O) groups excluding carboxylic acids is 6. The second-order valence-electron chi connectivity index (χ2n) is 22.2. The predicted molar refractivity (Wildman–Crippen MR) is 276 cm³/mol. The summed E-state index contributed by atoms with van der Waals surface area (Å²) in [6.45, 7) is 12.9. The highest BCUT2D eigenvalue weighted by atomic mass is 16.6. The number of rotatable bonds is 10. The van der Waals surface area contributed by atoms with Crippen LogP contribution in [0.5, 0.6) is 0 Å². The molecule has 3 heterocycles. The molecule has 4 N–H and O–H groups in total. The average Bonchev–Trinajstić information content (AvgIpc) is 3.39. The first-order chi connectivity index (χ1) is 35.0. The molecule has 1 unspecified atom stereocenters. The van der Waals surface area contributed by atoms with Gasteiger partial charge in [-0.25, -0.2) is 4.79 Å². The molecular formula is C57H89NO16. The molecule has 3 fully saturated rings. The number of piperidine rings is 1. The number of ketones is 3. The van der Waals surface area contributed by atoms with Gasteiger partial charge in [-0.1, -0.05) is 71.1 Å². The van der Waals surface area contributed by atoms with E-state index >= 15 is 0 Å². The highest BCUT2D eigenvalue weighted by Crippen LogP contribution is 2.38. The maximum atomic E-state index is 14.6. The summed E-state index contributed by atoms with van der Waals surface area (Å²) >= 11 is 0. The van der Waals surface area contributed by atoms with Gasteiger partial charge in [0.1, 0.15) is 29.8 Å². The fourth-order valence-corrected chi connectivity index (χ4v) is 10.7. The summed E-state index contributed by atoms with van der Waals surface area (Å²) in [5.74, 6) is -9.10. The van der Waals surface area contributed by atoms with E-state index in [1.807, 2.05) is 51.2 Å². The molecule has 74 heavy (non-hydrogen) atoms. The monoisotopic (exact) mass is 1040 g/mol. The van der Waals surface area contributed by atoms with Gasteiger partial charge in [0, 0.05) is 58.5 Å². The van der Waals surface area contributed by atoms with E-state index in [-0.39, 0.29) is 48.4 Å². The Balaban J connectivity index is 1.69. The number of esters is 2. The molecule has 0 aromatic heterocycles. The summed E-state index contributed by atoms with van der Waals surface area (Å²) in [5.41, 5.74) is -0.345. The number of Topliss-reactive ketones (excluding diaryl/α,β-unsaturated/α-hetero) is 3. The van der Waals surface area contributed by atoms with Crippen molar-refractivity contribution in [2.45, 2.75) is 193 Å².